The quantitative estimate of drug-likeness (QED) is 0.293. The highest BCUT2D eigenvalue weighted by molar-refractivity contribution is 9.10. The van der Waals surface area contributed by atoms with E-state index in [1.54, 1.807) is 54.6 Å². The van der Waals surface area contributed by atoms with E-state index in [2.05, 4.69) is 31.8 Å². The monoisotopic (exact) mass is 541 g/mol. The Balaban J connectivity index is 1.64. The molecule has 0 atom stereocenters. The summed E-state index contributed by atoms with van der Waals surface area (Å²) in [6.07, 6.45) is 1.46. The van der Waals surface area contributed by atoms with Gasteiger partial charge in [-0.2, -0.15) is 5.10 Å². The molecule has 0 aliphatic carbocycles. The first-order chi connectivity index (χ1) is 16.9. The molecule has 182 valence electrons. The molecule has 0 unspecified atom stereocenters. The van der Waals surface area contributed by atoms with Gasteiger partial charge in [0.05, 0.1) is 37.7 Å². The molecule has 35 heavy (non-hydrogen) atoms. The number of para-hydroxylation sites is 2. The van der Waals surface area contributed by atoms with Crippen molar-refractivity contribution < 1.29 is 28.5 Å². The number of methoxy groups -OCH3 is 3. The van der Waals surface area contributed by atoms with Crippen molar-refractivity contribution in [3.05, 3.63) is 76.3 Å². The third-order valence-corrected chi connectivity index (χ3v) is 5.28. The van der Waals surface area contributed by atoms with Gasteiger partial charge in [0.2, 0.25) is 0 Å². The lowest BCUT2D eigenvalue weighted by Crippen LogP contribution is -2.20. The van der Waals surface area contributed by atoms with Crippen molar-refractivity contribution in [2.45, 2.75) is 0 Å². The lowest BCUT2D eigenvalue weighted by molar-refractivity contribution is -0.118. The maximum atomic E-state index is 12.4. The van der Waals surface area contributed by atoms with Gasteiger partial charge in [-0.1, -0.05) is 18.2 Å². The second-order valence-electron chi connectivity index (χ2n) is 7.00. The van der Waals surface area contributed by atoms with Crippen molar-refractivity contribution in [3.63, 3.8) is 0 Å². The molecule has 0 saturated carbocycles. The molecule has 2 N–H and O–H groups in total. The standard InChI is InChI=1S/C25H24BrN3O6/c1-32-18-8-6-7-17(13-18)25(31)29-27-14-16-11-19(26)24(22(12-16)34-3)35-15-23(30)28-20-9-4-5-10-21(20)33-2/h4-14H,15H2,1-3H3,(H,28,30)(H,29,31)/b27-14+. The summed E-state index contributed by atoms with van der Waals surface area (Å²) in [4.78, 5) is 24.7. The summed E-state index contributed by atoms with van der Waals surface area (Å²) in [5.74, 6) is 1.09. The van der Waals surface area contributed by atoms with Gasteiger partial charge in [-0.3, -0.25) is 9.59 Å². The highest BCUT2D eigenvalue weighted by Crippen LogP contribution is 2.36. The van der Waals surface area contributed by atoms with Crippen LogP contribution in [0.5, 0.6) is 23.0 Å². The van der Waals surface area contributed by atoms with Crippen LogP contribution in [0.2, 0.25) is 0 Å². The molecule has 3 rings (SSSR count). The third kappa shape index (κ3) is 6.97. The van der Waals surface area contributed by atoms with Crippen LogP contribution in [0.15, 0.2) is 70.2 Å². The van der Waals surface area contributed by atoms with E-state index in [1.807, 2.05) is 6.07 Å². The number of amides is 2. The van der Waals surface area contributed by atoms with Crippen LogP contribution in [0.3, 0.4) is 0 Å². The molecule has 0 bridgehead atoms. The summed E-state index contributed by atoms with van der Waals surface area (Å²) in [5, 5.41) is 6.74. The predicted octanol–water partition coefficient (Wildman–Crippen LogP) is 4.26. The Hall–Kier alpha value is -4.05. The Labute approximate surface area is 211 Å². The van der Waals surface area contributed by atoms with E-state index < -0.39 is 0 Å². The first kappa shape index (κ1) is 25.6. The minimum Gasteiger partial charge on any atom is -0.497 e. The highest BCUT2D eigenvalue weighted by atomic mass is 79.9. The van der Waals surface area contributed by atoms with Gasteiger partial charge in [0.15, 0.2) is 18.1 Å². The van der Waals surface area contributed by atoms with E-state index in [4.69, 9.17) is 18.9 Å². The number of anilines is 1. The van der Waals surface area contributed by atoms with Crippen molar-refractivity contribution in [2.75, 3.05) is 33.3 Å². The first-order valence-electron chi connectivity index (χ1n) is 10.4. The number of rotatable bonds is 10. The van der Waals surface area contributed by atoms with Crippen molar-refractivity contribution in [1.29, 1.82) is 0 Å². The van der Waals surface area contributed by atoms with E-state index >= 15 is 0 Å². The zero-order chi connectivity index (χ0) is 25.2. The molecule has 2 amide bonds. The minimum absolute atomic E-state index is 0.253. The number of nitrogens with zero attached hydrogens (tertiary/aromatic N) is 1. The number of hydrogen-bond acceptors (Lipinski definition) is 7. The Morgan fingerprint density at radius 2 is 1.71 bits per heavy atom. The van der Waals surface area contributed by atoms with Crippen molar-refractivity contribution in [3.8, 4) is 23.0 Å². The number of carbonyl (C=O) groups is 2. The van der Waals surface area contributed by atoms with E-state index in [0.717, 1.165) is 0 Å². The Morgan fingerprint density at radius 1 is 0.943 bits per heavy atom. The molecule has 0 aliphatic rings. The van der Waals surface area contributed by atoms with E-state index in [-0.39, 0.29) is 18.4 Å². The fourth-order valence-corrected chi connectivity index (χ4v) is 3.59. The van der Waals surface area contributed by atoms with E-state index in [9.17, 15) is 9.59 Å². The molecule has 0 aromatic heterocycles. The van der Waals surface area contributed by atoms with Gasteiger partial charge in [0.25, 0.3) is 11.8 Å². The molecule has 0 aliphatic heterocycles. The fraction of sp³-hybridized carbons (Fsp3) is 0.160. The van der Waals surface area contributed by atoms with Crippen LogP contribution in [0.25, 0.3) is 0 Å². The third-order valence-electron chi connectivity index (χ3n) is 4.69. The second-order valence-corrected chi connectivity index (χ2v) is 7.86. The Morgan fingerprint density at radius 3 is 2.46 bits per heavy atom. The lowest BCUT2D eigenvalue weighted by Gasteiger charge is -2.14. The fourth-order valence-electron chi connectivity index (χ4n) is 3.02. The Kier molecular flexibility index (Phi) is 9.08. The predicted molar refractivity (Wildman–Crippen MR) is 136 cm³/mol. The molecular formula is C25H24BrN3O6. The SMILES string of the molecule is COc1cccc(C(=O)N/N=C/c2cc(Br)c(OCC(=O)Nc3ccccc3OC)c(OC)c2)c1. The normalized spacial score (nSPS) is 10.5. The zero-order valence-corrected chi connectivity index (χ0v) is 20.9. The van der Waals surface area contributed by atoms with Gasteiger partial charge in [0.1, 0.15) is 11.5 Å². The van der Waals surface area contributed by atoms with E-state index in [1.165, 1.54) is 27.5 Å². The van der Waals surface area contributed by atoms with Crippen LogP contribution in [-0.4, -0.2) is 46.0 Å². The average Bonchev–Trinajstić information content (AvgIpc) is 2.88. The van der Waals surface area contributed by atoms with Gasteiger partial charge in [-0.05, 0) is 64.0 Å². The van der Waals surface area contributed by atoms with Crippen LogP contribution in [0.1, 0.15) is 15.9 Å². The van der Waals surface area contributed by atoms with Gasteiger partial charge in [0, 0.05) is 5.56 Å². The van der Waals surface area contributed by atoms with E-state index in [0.29, 0.717) is 44.3 Å². The maximum absolute atomic E-state index is 12.4. The molecule has 9 nitrogen and oxygen atoms in total. The van der Waals surface area contributed by atoms with Crippen LogP contribution >= 0.6 is 15.9 Å². The van der Waals surface area contributed by atoms with Crippen LogP contribution in [0, 0.1) is 0 Å². The summed E-state index contributed by atoms with van der Waals surface area (Å²) in [7, 11) is 4.54. The molecule has 3 aromatic rings. The largest absolute Gasteiger partial charge is 0.497 e. The number of hydrazone groups is 1. The molecule has 3 aromatic carbocycles. The highest BCUT2D eigenvalue weighted by Gasteiger charge is 2.14. The number of carbonyl (C=O) groups excluding carboxylic acids is 2. The number of hydrogen-bond donors (Lipinski definition) is 2. The van der Waals surface area contributed by atoms with Crippen LogP contribution < -0.4 is 29.7 Å². The summed E-state index contributed by atoms with van der Waals surface area (Å²) >= 11 is 3.43. The molecule has 0 heterocycles. The maximum Gasteiger partial charge on any atom is 0.271 e. The zero-order valence-electron chi connectivity index (χ0n) is 19.3. The van der Waals surface area contributed by atoms with Crippen LogP contribution in [0.4, 0.5) is 5.69 Å². The molecule has 0 spiro atoms. The topological polar surface area (TPSA) is 107 Å². The number of nitrogens with one attached hydrogen (secondary N) is 2. The van der Waals surface area contributed by atoms with Gasteiger partial charge >= 0.3 is 0 Å². The first-order valence-corrected chi connectivity index (χ1v) is 11.1. The molecule has 0 radical (unpaired) electrons. The summed E-state index contributed by atoms with van der Waals surface area (Å²) in [6, 6.07) is 17.2. The summed E-state index contributed by atoms with van der Waals surface area (Å²) in [6.45, 7) is -0.253. The lowest BCUT2D eigenvalue weighted by atomic mass is 10.2. The molecule has 0 fully saturated rings. The second kappa shape index (κ2) is 12.4. The van der Waals surface area contributed by atoms with Gasteiger partial charge < -0.3 is 24.3 Å². The van der Waals surface area contributed by atoms with Crippen molar-refractivity contribution in [1.82, 2.24) is 5.43 Å². The molecule has 10 heteroatoms. The Bertz CT molecular complexity index is 1230. The number of ether oxygens (including phenoxy) is 4. The minimum atomic E-state index is -0.382. The van der Waals surface area contributed by atoms with Crippen molar-refractivity contribution >= 4 is 39.6 Å². The number of halogens is 1. The summed E-state index contributed by atoms with van der Waals surface area (Å²) in [5.41, 5.74) is 4.05. The molecule has 0 saturated heterocycles. The van der Waals surface area contributed by atoms with Crippen LogP contribution in [-0.2, 0) is 4.79 Å². The van der Waals surface area contributed by atoms with Gasteiger partial charge in [-0.25, -0.2) is 5.43 Å². The molecular weight excluding hydrogens is 518 g/mol. The summed E-state index contributed by atoms with van der Waals surface area (Å²) < 4.78 is 22.0. The average molecular weight is 542 g/mol. The number of benzene rings is 3. The van der Waals surface area contributed by atoms with Gasteiger partial charge in [-0.15, -0.1) is 0 Å². The van der Waals surface area contributed by atoms with Crippen molar-refractivity contribution in [2.24, 2.45) is 5.10 Å². The smallest absolute Gasteiger partial charge is 0.271 e.